The van der Waals surface area contributed by atoms with Gasteiger partial charge in [-0.3, -0.25) is 0 Å². The predicted octanol–water partition coefficient (Wildman–Crippen LogP) is 32.9. The van der Waals surface area contributed by atoms with E-state index in [9.17, 15) is 0 Å². The van der Waals surface area contributed by atoms with Gasteiger partial charge in [0.1, 0.15) is 0 Å². The SMILES string of the molecule is c1ccc(-c2c3ccccc3c(-c3ccc(-n4c5ccccc5c5ccccc54)cc3)c3ccccc23)cc1.c1ccc(-c2ccc3c(-c4ccc(-n5c6ccccc6c6ccccc65)cc4)c4ccccc4c(-c4ccccc4)c3c2)cc1.c1ccc(-n2c3ccccc3c3cc(-c4ccc(-c5cc6ccccc6c6ccccc56)cc4)ccc32)cc1. The molecule has 0 aliphatic rings. The van der Waals surface area contributed by atoms with Crippen molar-refractivity contribution in [1.82, 2.24) is 13.7 Å². The number of hydrogen-bond donors (Lipinski definition) is 0. The second-order valence-electron chi connectivity index (χ2n) is 32.0. The van der Waals surface area contributed by atoms with Crippen LogP contribution in [0.4, 0.5) is 0 Å². The first kappa shape index (κ1) is 72.1. The van der Waals surface area contributed by atoms with Crippen LogP contribution in [0.5, 0.6) is 0 Å². The Morgan fingerprint density at radius 2 is 0.358 bits per heavy atom. The van der Waals surface area contributed by atoms with Crippen molar-refractivity contribution in [2.45, 2.75) is 0 Å². The van der Waals surface area contributed by atoms with Crippen molar-refractivity contribution < 1.29 is 0 Å². The Labute approximate surface area is 713 Å². The fraction of sp³-hybridized carbons (Fsp3) is 0. The van der Waals surface area contributed by atoms with E-state index in [2.05, 4.69) is 493 Å². The number of para-hydroxylation sites is 6. The van der Waals surface area contributed by atoms with Crippen LogP contribution in [0.1, 0.15) is 0 Å². The summed E-state index contributed by atoms with van der Waals surface area (Å²) >= 11 is 0. The van der Waals surface area contributed by atoms with Crippen LogP contribution in [-0.2, 0) is 0 Å². The van der Waals surface area contributed by atoms with E-state index < -0.39 is 0 Å². The topological polar surface area (TPSA) is 14.8 Å². The smallest absolute Gasteiger partial charge is 0.0541 e. The molecule has 3 nitrogen and oxygen atoms in total. The Bertz CT molecular complexity index is 8200. The fourth-order valence-corrected chi connectivity index (χ4v) is 19.7. The van der Waals surface area contributed by atoms with Crippen molar-refractivity contribution >= 4 is 130 Å². The molecule has 0 saturated heterocycles. The average molecular weight is 1560 g/mol. The maximum absolute atomic E-state index is 2.38. The quantitative estimate of drug-likeness (QED) is 0.0958. The lowest BCUT2D eigenvalue weighted by atomic mass is 9.85. The van der Waals surface area contributed by atoms with E-state index in [0.29, 0.717) is 0 Å². The standard InChI is InChI=1S/C44H29N.2C38H25N/c1-3-13-30(14-4-1)33-25-28-39-40(29-33)44(31-15-5-2-6-16-31)38-20-8-7-19-37(38)43(39)32-23-26-34(27-24-32)45-41-21-11-9-17-35(41)36-18-10-12-22-42(36)45;1-2-12-26(13-3-1)37-31-16-4-6-18-33(31)38(34-19-7-5-17-32(34)37)27-22-24-28(25-23-27)39-35-20-10-8-14-29(35)30-15-9-11-21-36(30)39;1-2-11-30(12-3-1)39-37-17-9-8-16-34(37)36-24-28(22-23-38(36)39)26-18-20-27(21-19-26)35-25-29-10-4-5-13-31(29)32-14-6-7-15-33(32)35/h1-29H;2*1-25H. The highest BCUT2D eigenvalue weighted by Crippen LogP contribution is 2.49. The first-order chi connectivity index (χ1) is 61.1. The van der Waals surface area contributed by atoms with E-state index in [1.54, 1.807) is 0 Å². The van der Waals surface area contributed by atoms with Crippen LogP contribution in [0.25, 0.3) is 225 Å². The maximum atomic E-state index is 2.38. The molecule has 0 aliphatic carbocycles. The third-order valence-electron chi connectivity index (χ3n) is 25.2. The molecule has 0 unspecified atom stereocenters. The van der Waals surface area contributed by atoms with Gasteiger partial charge in [0.25, 0.3) is 0 Å². The predicted molar refractivity (Wildman–Crippen MR) is 525 cm³/mol. The van der Waals surface area contributed by atoms with Gasteiger partial charge >= 0.3 is 0 Å². The van der Waals surface area contributed by atoms with Crippen molar-refractivity contribution in [1.29, 1.82) is 0 Å². The molecule has 123 heavy (non-hydrogen) atoms. The number of benzene rings is 22. The van der Waals surface area contributed by atoms with Crippen molar-refractivity contribution in [3.8, 4) is 95.0 Å². The number of hydrogen-bond acceptors (Lipinski definition) is 0. The molecule has 0 aliphatic heterocycles. The van der Waals surface area contributed by atoms with Crippen LogP contribution in [0.3, 0.4) is 0 Å². The number of rotatable bonds is 10. The van der Waals surface area contributed by atoms with Crippen LogP contribution in [0, 0.1) is 0 Å². The third kappa shape index (κ3) is 12.5. The van der Waals surface area contributed by atoms with Gasteiger partial charge in [-0.25, -0.2) is 0 Å². The van der Waals surface area contributed by atoms with Crippen LogP contribution >= 0.6 is 0 Å². The highest BCUT2D eigenvalue weighted by Gasteiger charge is 2.23. The molecule has 0 fully saturated rings. The van der Waals surface area contributed by atoms with Crippen molar-refractivity contribution in [2.75, 3.05) is 0 Å². The molecular formula is C120H79N3. The molecule has 0 spiro atoms. The van der Waals surface area contributed by atoms with Crippen molar-refractivity contribution in [2.24, 2.45) is 0 Å². The van der Waals surface area contributed by atoms with Gasteiger partial charge in [0, 0.05) is 49.4 Å². The zero-order valence-corrected chi connectivity index (χ0v) is 67.5. The molecular weight excluding hydrogens is 1480 g/mol. The molecule has 3 heteroatoms. The molecule has 25 rings (SSSR count). The molecule has 0 saturated carbocycles. The normalized spacial score (nSPS) is 11.6. The van der Waals surface area contributed by atoms with E-state index in [1.165, 1.54) is 219 Å². The first-order valence-electron chi connectivity index (χ1n) is 42.4. The molecule has 0 atom stereocenters. The first-order valence-corrected chi connectivity index (χ1v) is 42.4. The second kappa shape index (κ2) is 30.6. The number of fused-ring (bicyclic) bond motifs is 16. The minimum Gasteiger partial charge on any atom is -0.309 e. The summed E-state index contributed by atoms with van der Waals surface area (Å²) in [4.78, 5) is 0. The molecule has 3 heterocycles. The van der Waals surface area contributed by atoms with E-state index in [4.69, 9.17) is 0 Å². The highest BCUT2D eigenvalue weighted by molar-refractivity contribution is 6.24. The van der Waals surface area contributed by atoms with Crippen LogP contribution in [-0.4, -0.2) is 13.7 Å². The van der Waals surface area contributed by atoms with Crippen LogP contribution in [0.15, 0.2) is 479 Å². The molecule has 25 aromatic rings. The van der Waals surface area contributed by atoms with Crippen LogP contribution < -0.4 is 0 Å². The third-order valence-corrected chi connectivity index (χ3v) is 25.2. The number of nitrogens with zero attached hydrogens (tertiary/aromatic N) is 3. The summed E-state index contributed by atoms with van der Waals surface area (Å²) in [6, 6.07) is 174. The molecule has 22 aromatic carbocycles. The van der Waals surface area contributed by atoms with Gasteiger partial charge in [0.15, 0.2) is 0 Å². The summed E-state index contributed by atoms with van der Waals surface area (Å²) in [5.41, 5.74) is 28.4. The average Bonchev–Trinajstić information content (AvgIpc) is 1.62. The zero-order chi connectivity index (χ0) is 81.3. The molecule has 0 radical (unpaired) electrons. The summed E-state index contributed by atoms with van der Waals surface area (Å²) in [7, 11) is 0. The summed E-state index contributed by atoms with van der Waals surface area (Å²) < 4.78 is 7.13. The van der Waals surface area contributed by atoms with E-state index in [-0.39, 0.29) is 0 Å². The summed E-state index contributed by atoms with van der Waals surface area (Å²) in [5.74, 6) is 0. The summed E-state index contributed by atoms with van der Waals surface area (Å²) in [6.07, 6.45) is 0. The summed E-state index contributed by atoms with van der Waals surface area (Å²) in [6.45, 7) is 0. The van der Waals surface area contributed by atoms with Gasteiger partial charge in [-0.2, -0.15) is 0 Å². The van der Waals surface area contributed by atoms with E-state index in [1.807, 2.05) is 0 Å². The maximum Gasteiger partial charge on any atom is 0.0541 e. The second-order valence-corrected chi connectivity index (χ2v) is 32.0. The largest absolute Gasteiger partial charge is 0.309 e. The Morgan fingerprint density at radius 3 is 0.772 bits per heavy atom. The lowest BCUT2D eigenvalue weighted by molar-refractivity contribution is 1.18. The van der Waals surface area contributed by atoms with E-state index in [0.717, 1.165) is 5.69 Å². The Balaban J connectivity index is 0.000000107. The van der Waals surface area contributed by atoms with Gasteiger partial charge in [-0.05, 0) is 234 Å². The summed E-state index contributed by atoms with van der Waals surface area (Å²) in [5, 5.41) is 23.0. The van der Waals surface area contributed by atoms with Gasteiger partial charge in [0.2, 0.25) is 0 Å². The van der Waals surface area contributed by atoms with Crippen molar-refractivity contribution in [3.05, 3.63) is 479 Å². The van der Waals surface area contributed by atoms with Gasteiger partial charge in [0.05, 0.1) is 33.1 Å². The molecule has 0 N–H and O–H groups in total. The highest BCUT2D eigenvalue weighted by atomic mass is 15.0. The molecule has 574 valence electrons. The molecule has 0 bridgehead atoms. The Hall–Kier alpha value is -16.2. The lowest BCUT2D eigenvalue weighted by Gasteiger charge is -2.19. The fourth-order valence-electron chi connectivity index (χ4n) is 19.7. The molecule has 3 aromatic heterocycles. The van der Waals surface area contributed by atoms with Crippen molar-refractivity contribution in [3.63, 3.8) is 0 Å². The lowest BCUT2D eigenvalue weighted by Crippen LogP contribution is -1.95. The monoisotopic (exact) mass is 1560 g/mol. The van der Waals surface area contributed by atoms with E-state index >= 15 is 0 Å². The Kier molecular flexibility index (Phi) is 17.9. The molecule has 0 amide bonds. The van der Waals surface area contributed by atoms with Crippen LogP contribution in [0.2, 0.25) is 0 Å². The van der Waals surface area contributed by atoms with Gasteiger partial charge in [-0.15, -0.1) is 0 Å². The minimum absolute atomic E-state index is 1.16. The zero-order valence-electron chi connectivity index (χ0n) is 67.5. The number of aromatic nitrogens is 3. The van der Waals surface area contributed by atoms with Gasteiger partial charge in [-0.1, -0.05) is 388 Å². The Morgan fingerprint density at radius 1 is 0.114 bits per heavy atom. The minimum atomic E-state index is 1.16. The van der Waals surface area contributed by atoms with Gasteiger partial charge < -0.3 is 13.7 Å².